The van der Waals surface area contributed by atoms with Crippen molar-refractivity contribution in [3.8, 4) is 0 Å². The number of benzene rings is 2. The van der Waals surface area contributed by atoms with Crippen molar-refractivity contribution in [2.45, 2.75) is 38.4 Å². The number of carbonyl (C=O) groups excluding carboxylic acids is 2. The van der Waals surface area contributed by atoms with Crippen LogP contribution in [0.25, 0.3) is 0 Å². The van der Waals surface area contributed by atoms with Crippen molar-refractivity contribution >= 4 is 48.3 Å². The predicted octanol–water partition coefficient (Wildman–Crippen LogP) is 1.42. The summed E-state index contributed by atoms with van der Waals surface area (Å²) in [7, 11) is -2.17. The molecular formula is C27H37BCl2F3N3O11. The minimum atomic E-state index is -4.50. The van der Waals surface area contributed by atoms with Gasteiger partial charge in [0.2, 0.25) is 5.91 Å². The lowest BCUT2D eigenvalue weighted by Crippen LogP contribution is -2.43. The number of aliphatic hydroxyl groups excluding tert-OH is 2. The fourth-order valence-corrected chi connectivity index (χ4v) is 3.99. The lowest BCUT2D eigenvalue weighted by molar-refractivity contribution is -0.178. The van der Waals surface area contributed by atoms with Crippen LogP contribution in [0, 0.1) is 5.92 Å². The van der Waals surface area contributed by atoms with Crippen molar-refractivity contribution in [3.05, 3.63) is 69.2 Å². The van der Waals surface area contributed by atoms with E-state index in [1.165, 1.54) is 30.3 Å². The smallest absolute Gasteiger partial charge is 0.480 e. The van der Waals surface area contributed by atoms with Crippen molar-refractivity contribution < 1.29 is 67.6 Å². The van der Waals surface area contributed by atoms with E-state index >= 15 is 0 Å². The molecule has 0 aliphatic rings. The second-order valence-electron chi connectivity index (χ2n) is 9.31. The van der Waals surface area contributed by atoms with Gasteiger partial charge in [0.1, 0.15) is 6.04 Å². The molecule has 2 aromatic carbocycles. The summed E-state index contributed by atoms with van der Waals surface area (Å²) in [5.41, 5.74) is 7.39. The molecule has 2 aromatic rings. The highest BCUT2D eigenvalue weighted by atomic mass is 35.5. The molecule has 0 spiro atoms. The quantitative estimate of drug-likeness (QED) is 0.0741. The van der Waals surface area contributed by atoms with Crippen LogP contribution in [0.5, 0.6) is 0 Å². The Labute approximate surface area is 278 Å². The molecule has 9 N–H and O–H groups in total. The molecular weight excluding hydrogens is 681 g/mol. The zero-order chi connectivity index (χ0) is 36.2. The number of nitrogens with one attached hydrogen (secondary N) is 1. The number of rotatable bonds is 15. The predicted molar refractivity (Wildman–Crippen MR) is 163 cm³/mol. The summed E-state index contributed by atoms with van der Waals surface area (Å²) >= 11 is 12.1. The monoisotopic (exact) mass is 717 g/mol. The number of aliphatic hydroxyl groups is 2. The third-order valence-electron chi connectivity index (χ3n) is 5.66. The van der Waals surface area contributed by atoms with Gasteiger partial charge in [-0.3, -0.25) is 29.0 Å². The zero-order valence-electron chi connectivity index (χ0n) is 25.1. The normalized spacial score (nSPS) is 12.1. The first-order chi connectivity index (χ1) is 22.0. The summed E-state index contributed by atoms with van der Waals surface area (Å²) in [6, 6.07) is 7.26. The highest BCUT2D eigenvalue weighted by molar-refractivity contribution is 6.36. The van der Waals surface area contributed by atoms with Gasteiger partial charge in [0, 0.05) is 18.0 Å². The Morgan fingerprint density at radius 3 is 1.98 bits per heavy atom. The second kappa shape index (κ2) is 23.5. The van der Waals surface area contributed by atoms with Crippen LogP contribution >= 0.6 is 23.2 Å². The van der Waals surface area contributed by atoms with E-state index in [1.807, 2.05) is 0 Å². The number of hydrogen-bond donors (Lipinski definition) is 8. The Bertz CT molecular complexity index is 1220. The maximum atomic E-state index is 13.2. The van der Waals surface area contributed by atoms with Crippen LogP contribution in [0.1, 0.15) is 41.3 Å². The number of amides is 2. The Hall–Kier alpha value is -2.88. The first-order valence-electron chi connectivity index (χ1n) is 13.7. The van der Waals surface area contributed by atoms with E-state index in [2.05, 4.69) is 15.3 Å². The molecule has 0 bridgehead atoms. The largest absolute Gasteiger partial charge is 0.631 e. The van der Waals surface area contributed by atoms with Gasteiger partial charge < -0.3 is 36.1 Å². The highest BCUT2D eigenvalue weighted by Crippen LogP contribution is 2.30. The average molecular weight is 718 g/mol. The number of carboxylic acid groups (broad SMARTS) is 1. The molecule has 2 atom stereocenters. The summed E-state index contributed by atoms with van der Waals surface area (Å²) in [5.74, 6) is -3.20. The lowest BCUT2D eigenvalue weighted by atomic mass is 9.91. The molecule has 0 radical (unpaired) electrons. The number of nitrogens with zero attached hydrogens (tertiary/aromatic N) is 1. The third-order valence-corrected chi connectivity index (χ3v) is 6.23. The summed E-state index contributed by atoms with van der Waals surface area (Å²) in [6.07, 6.45) is -4.57. The molecule has 14 nitrogen and oxygen atoms in total. The number of aliphatic carboxylic acids is 1. The van der Waals surface area contributed by atoms with Gasteiger partial charge in [-0.2, -0.15) is 13.2 Å². The van der Waals surface area contributed by atoms with Crippen molar-refractivity contribution in [1.29, 1.82) is 0 Å². The summed E-state index contributed by atoms with van der Waals surface area (Å²) in [5, 5.41) is 47.3. The SMILES string of the molecule is CCC(=O)N(CC(Cc1ccc(C(F)(F)F)cc1)C[C@@H](N)C(=O)O)C(=O)c1cc(Cl)ccc1Cl.OB(O)O.OCCONOCCO. The van der Waals surface area contributed by atoms with Crippen LogP contribution in [0.3, 0.4) is 0 Å². The van der Waals surface area contributed by atoms with Crippen LogP contribution in [0.2, 0.25) is 10.0 Å². The van der Waals surface area contributed by atoms with Gasteiger partial charge in [-0.05, 0) is 54.7 Å². The van der Waals surface area contributed by atoms with E-state index in [4.69, 9.17) is 54.2 Å². The van der Waals surface area contributed by atoms with Gasteiger partial charge in [0.25, 0.3) is 5.91 Å². The Morgan fingerprint density at radius 2 is 1.53 bits per heavy atom. The standard InChI is InChI=1S/C23H23Cl2F3N2O4.C4H11NO4.BH3O3/c1-2-20(31)30(21(32)17-11-16(24)7-8-18(17)25)12-14(10-19(29)22(33)34)9-13-3-5-15(6-4-13)23(26,27)28;6-1-3-8-5-9-4-2-7;2-1(3)4/h3-8,11,14,19H,2,9-10,12,29H2,1H3,(H,33,34);5-7H,1-4H2;2-4H/t14?,19-;;/m1../s1. The molecule has 264 valence electrons. The highest BCUT2D eigenvalue weighted by Gasteiger charge is 2.31. The molecule has 0 saturated heterocycles. The summed E-state index contributed by atoms with van der Waals surface area (Å²) in [6.45, 7) is 1.56. The third kappa shape index (κ3) is 18.9. The fourth-order valence-electron chi connectivity index (χ4n) is 3.62. The van der Waals surface area contributed by atoms with E-state index in [1.54, 1.807) is 6.92 Å². The van der Waals surface area contributed by atoms with Crippen LogP contribution in [-0.2, 0) is 31.9 Å². The fraction of sp³-hybridized carbons (Fsp3) is 0.444. The number of carboxylic acids is 1. The summed E-state index contributed by atoms with van der Waals surface area (Å²) < 4.78 is 38.6. The molecule has 0 fully saturated rings. The van der Waals surface area contributed by atoms with Gasteiger partial charge in [-0.25, -0.2) is 0 Å². The molecule has 2 rings (SSSR count). The number of carbonyl (C=O) groups is 3. The second-order valence-corrected chi connectivity index (χ2v) is 10.1. The van der Waals surface area contributed by atoms with E-state index in [-0.39, 0.29) is 67.8 Å². The molecule has 1 unspecified atom stereocenters. The molecule has 0 aliphatic carbocycles. The molecule has 0 aliphatic heterocycles. The number of nitrogens with two attached hydrogens (primary N) is 1. The molecule has 2 amide bonds. The molecule has 20 heteroatoms. The van der Waals surface area contributed by atoms with E-state index in [9.17, 15) is 32.7 Å². The number of halogens is 5. The number of hydrogen-bond acceptors (Lipinski definition) is 12. The maximum Gasteiger partial charge on any atom is 0.631 e. The molecule has 0 aromatic heterocycles. The Kier molecular flexibility index (Phi) is 22.0. The van der Waals surface area contributed by atoms with Crippen LogP contribution in [-0.4, -0.2) is 99.4 Å². The number of imide groups is 1. The minimum absolute atomic E-state index is 0.00761. The molecule has 47 heavy (non-hydrogen) atoms. The van der Waals surface area contributed by atoms with E-state index in [0.29, 0.717) is 5.56 Å². The van der Waals surface area contributed by atoms with Crippen molar-refractivity contribution in [2.24, 2.45) is 11.7 Å². The first-order valence-corrected chi connectivity index (χ1v) is 14.4. The average Bonchev–Trinajstić information content (AvgIpc) is 3.00. The zero-order valence-corrected chi connectivity index (χ0v) is 26.6. The number of alkyl halides is 3. The topological polar surface area (TPSA) is 232 Å². The van der Waals surface area contributed by atoms with Crippen molar-refractivity contribution in [1.82, 2.24) is 10.5 Å². The van der Waals surface area contributed by atoms with Crippen molar-refractivity contribution in [3.63, 3.8) is 0 Å². The van der Waals surface area contributed by atoms with Gasteiger partial charge in [0.05, 0.1) is 42.6 Å². The lowest BCUT2D eigenvalue weighted by Gasteiger charge is -2.27. The van der Waals surface area contributed by atoms with E-state index < -0.39 is 48.8 Å². The van der Waals surface area contributed by atoms with Crippen LogP contribution in [0.15, 0.2) is 42.5 Å². The van der Waals surface area contributed by atoms with Crippen LogP contribution < -0.4 is 11.4 Å². The van der Waals surface area contributed by atoms with Gasteiger partial charge in [-0.1, -0.05) is 47.9 Å². The van der Waals surface area contributed by atoms with E-state index in [0.717, 1.165) is 17.0 Å². The minimum Gasteiger partial charge on any atom is -0.480 e. The molecule has 0 saturated carbocycles. The van der Waals surface area contributed by atoms with Gasteiger partial charge >= 0.3 is 19.5 Å². The first kappa shape index (κ1) is 44.1. The maximum absolute atomic E-state index is 13.2. The molecule has 0 heterocycles. The van der Waals surface area contributed by atoms with Crippen LogP contribution in [0.4, 0.5) is 13.2 Å². The Balaban J connectivity index is 0.00000137. The van der Waals surface area contributed by atoms with Gasteiger partial charge in [-0.15, -0.1) is 0 Å². The Morgan fingerprint density at radius 1 is 1.00 bits per heavy atom. The van der Waals surface area contributed by atoms with Gasteiger partial charge in [0.15, 0.2) is 0 Å². The summed E-state index contributed by atoms with van der Waals surface area (Å²) in [4.78, 5) is 47.0. The van der Waals surface area contributed by atoms with Crippen molar-refractivity contribution in [2.75, 3.05) is 33.0 Å².